The lowest BCUT2D eigenvalue weighted by atomic mass is 9.51. The Hall–Kier alpha value is -1.89. The van der Waals surface area contributed by atoms with E-state index in [9.17, 15) is 14.4 Å². The fourth-order valence-corrected chi connectivity index (χ4v) is 7.27. The van der Waals surface area contributed by atoms with Gasteiger partial charge in [-0.3, -0.25) is 14.4 Å². The maximum Gasteiger partial charge on any atom is 0.225 e. The van der Waals surface area contributed by atoms with Crippen LogP contribution in [0.25, 0.3) is 0 Å². The number of rotatable bonds is 7. The molecule has 3 aliphatic rings. The molecule has 1 aromatic carbocycles. The molecule has 28 heavy (non-hydrogen) atoms. The van der Waals surface area contributed by atoms with Crippen LogP contribution in [0.2, 0.25) is 0 Å². The van der Waals surface area contributed by atoms with Crippen LogP contribution in [0.1, 0.15) is 44.1 Å². The van der Waals surface area contributed by atoms with Crippen LogP contribution < -0.4 is 17.2 Å². The van der Waals surface area contributed by atoms with Gasteiger partial charge in [-0.15, -0.1) is 0 Å². The van der Waals surface area contributed by atoms with Crippen LogP contribution in [0.15, 0.2) is 28.7 Å². The van der Waals surface area contributed by atoms with E-state index in [2.05, 4.69) is 15.9 Å². The van der Waals surface area contributed by atoms with Gasteiger partial charge in [-0.25, -0.2) is 0 Å². The van der Waals surface area contributed by atoms with E-state index in [4.69, 9.17) is 17.2 Å². The summed E-state index contributed by atoms with van der Waals surface area (Å²) in [5.74, 6) is -1.47. The molecule has 6 N–H and O–H groups in total. The van der Waals surface area contributed by atoms with Crippen molar-refractivity contribution in [3.05, 3.63) is 34.3 Å². The molecule has 3 aliphatic carbocycles. The second-order valence-corrected chi connectivity index (χ2v) is 9.77. The number of hydrogen-bond donors (Lipinski definition) is 3. The zero-order valence-electron chi connectivity index (χ0n) is 15.7. The van der Waals surface area contributed by atoms with Crippen molar-refractivity contribution in [2.24, 2.45) is 45.3 Å². The molecule has 1 spiro atoms. The van der Waals surface area contributed by atoms with Gasteiger partial charge in [0.1, 0.15) is 0 Å². The molecule has 4 rings (SSSR count). The number of amides is 3. The van der Waals surface area contributed by atoms with Crippen molar-refractivity contribution in [2.75, 3.05) is 0 Å². The van der Waals surface area contributed by atoms with Crippen LogP contribution in [-0.2, 0) is 20.8 Å². The fourth-order valence-electron chi connectivity index (χ4n) is 7.00. The molecule has 0 saturated heterocycles. The highest BCUT2D eigenvalue weighted by Crippen LogP contribution is 2.83. The van der Waals surface area contributed by atoms with E-state index in [-0.39, 0.29) is 30.1 Å². The topological polar surface area (TPSA) is 129 Å². The minimum Gasteiger partial charge on any atom is -0.370 e. The molecule has 3 amide bonds. The van der Waals surface area contributed by atoms with Crippen molar-refractivity contribution in [1.82, 2.24) is 0 Å². The lowest BCUT2D eigenvalue weighted by Gasteiger charge is -2.49. The SMILES string of the molecule is NC(=O)CC[C@@]1(C(N)=O)[C@@H]2CC[C@@H](C23CC3)[C@@]1(Cc1ccc(Br)cc1)C(N)=O. The van der Waals surface area contributed by atoms with Crippen LogP contribution >= 0.6 is 15.9 Å². The summed E-state index contributed by atoms with van der Waals surface area (Å²) in [6, 6.07) is 7.72. The number of carbonyl (C=O) groups excluding carboxylic acids is 3. The molecule has 0 unspecified atom stereocenters. The average molecular weight is 448 g/mol. The summed E-state index contributed by atoms with van der Waals surface area (Å²) in [4.78, 5) is 37.8. The summed E-state index contributed by atoms with van der Waals surface area (Å²) in [7, 11) is 0. The molecule has 6 nitrogen and oxygen atoms in total. The predicted molar refractivity (Wildman–Crippen MR) is 107 cm³/mol. The Bertz CT molecular complexity index is 851. The van der Waals surface area contributed by atoms with Crippen molar-refractivity contribution in [3.8, 4) is 0 Å². The van der Waals surface area contributed by atoms with Gasteiger partial charge in [-0.05, 0) is 73.5 Å². The van der Waals surface area contributed by atoms with Gasteiger partial charge in [0.15, 0.2) is 0 Å². The van der Waals surface area contributed by atoms with E-state index in [1.165, 1.54) is 0 Å². The van der Waals surface area contributed by atoms with Crippen LogP contribution in [0.3, 0.4) is 0 Å². The molecule has 2 bridgehead atoms. The van der Waals surface area contributed by atoms with Crippen LogP contribution in [-0.4, -0.2) is 17.7 Å². The summed E-state index contributed by atoms with van der Waals surface area (Å²) >= 11 is 3.43. The Balaban J connectivity index is 1.89. The second kappa shape index (κ2) is 6.31. The first-order valence-corrected chi connectivity index (χ1v) is 10.6. The van der Waals surface area contributed by atoms with E-state index in [1.807, 2.05) is 24.3 Å². The molecule has 0 radical (unpaired) electrons. The molecule has 0 heterocycles. The summed E-state index contributed by atoms with van der Waals surface area (Å²) in [6.07, 6.45) is 4.28. The van der Waals surface area contributed by atoms with Gasteiger partial charge >= 0.3 is 0 Å². The molecular formula is C21H26BrN3O3. The summed E-state index contributed by atoms with van der Waals surface area (Å²) in [5, 5.41) is 0. The van der Waals surface area contributed by atoms with Crippen molar-refractivity contribution >= 4 is 33.7 Å². The van der Waals surface area contributed by atoms with E-state index < -0.39 is 28.6 Å². The van der Waals surface area contributed by atoms with Gasteiger partial charge in [-0.1, -0.05) is 28.1 Å². The van der Waals surface area contributed by atoms with Gasteiger partial charge in [-0.2, -0.15) is 0 Å². The van der Waals surface area contributed by atoms with E-state index >= 15 is 0 Å². The second-order valence-electron chi connectivity index (χ2n) is 8.86. The number of primary amides is 3. The van der Waals surface area contributed by atoms with Crippen LogP contribution in [0.4, 0.5) is 0 Å². The van der Waals surface area contributed by atoms with Gasteiger partial charge in [0.05, 0.1) is 10.8 Å². The highest BCUT2D eigenvalue weighted by Gasteiger charge is 2.83. The predicted octanol–water partition coefficient (Wildman–Crippen LogP) is 2.02. The Labute approximate surface area is 172 Å². The minimum absolute atomic E-state index is 0.00945. The zero-order valence-corrected chi connectivity index (χ0v) is 17.3. The molecule has 0 aromatic heterocycles. The van der Waals surface area contributed by atoms with Crippen LogP contribution in [0.5, 0.6) is 0 Å². The van der Waals surface area contributed by atoms with Crippen molar-refractivity contribution in [2.45, 2.75) is 44.9 Å². The molecule has 0 aliphatic heterocycles. The number of carbonyl (C=O) groups is 3. The lowest BCUT2D eigenvalue weighted by Crippen LogP contribution is -2.61. The lowest BCUT2D eigenvalue weighted by molar-refractivity contribution is -0.157. The fraction of sp³-hybridized carbons (Fsp3) is 0.571. The summed E-state index contributed by atoms with van der Waals surface area (Å²) in [6.45, 7) is 0. The van der Waals surface area contributed by atoms with Gasteiger partial charge in [0, 0.05) is 10.9 Å². The third kappa shape index (κ3) is 2.34. The van der Waals surface area contributed by atoms with E-state index in [0.29, 0.717) is 6.42 Å². The van der Waals surface area contributed by atoms with Crippen LogP contribution in [0, 0.1) is 28.1 Å². The molecule has 150 valence electrons. The Morgan fingerprint density at radius 2 is 1.46 bits per heavy atom. The zero-order chi connectivity index (χ0) is 20.3. The molecule has 3 saturated carbocycles. The van der Waals surface area contributed by atoms with Gasteiger partial charge in [0.25, 0.3) is 0 Å². The highest BCUT2D eigenvalue weighted by atomic mass is 79.9. The Kier molecular flexibility index (Phi) is 4.38. The molecule has 4 atom stereocenters. The maximum absolute atomic E-state index is 13.2. The summed E-state index contributed by atoms with van der Waals surface area (Å²) < 4.78 is 0.936. The third-order valence-corrected chi connectivity index (χ3v) is 8.52. The molecule has 7 heteroatoms. The van der Waals surface area contributed by atoms with E-state index in [0.717, 1.165) is 35.7 Å². The third-order valence-electron chi connectivity index (χ3n) is 7.99. The number of benzene rings is 1. The molecule has 3 fully saturated rings. The monoisotopic (exact) mass is 447 g/mol. The first kappa shape index (κ1) is 19.4. The van der Waals surface area contributed by atoms with E-state index in [1.54, 1.807) is 0 Å². The molecule has 1 aromatic rings. The van der Waals surface area contributed by atoms with Gasteiger partial charge < -0.3 is 17.2 Å². The Morgan fingerprint density at radius 1 is 0.929 bits per heavy atom. The van der Waals surface area contributed by atoms with Crippen molar-refractivity contribution < 1.29 is 14.4 Å². The first-order chi connectivity index (χ1) is 13.2. The number of halogens is 1. The average Bonchev–Trinajstić information content (AvgIpc) is 3.29. The smallest absolute Gasteiger partial charge is 0.225 e. The minimum atomic E-state index is -1.12. The normalized spacial score (nSPS) is 34.5. The maximum atomic E-state index is 13.2. The van der Waals surface area contributed by atoms with Crippen molar-refractivity contribution in [3.63, 3.8) is 0 Å². The summed E-state index contributed by atoms with van der Waals surface area (Å²) in [5.41, 5.74) is 16.3. The quantitative estimate of drug-likeness (QED) is 0.590. The highest BCUT2D eigenvalue weighted by molar-refractivity contribution is 9.10. The standard InChI is InChI=1S/C21H26BrN3O3/c22-13-3-1-12(2-4-13)11-21(18(25)28)15-6-5-14(19(15)9-10-19)20(21,17(24)27)8-7-16(23)26/h1-4,14-15H,5-11H2,(H2,23,26)(H2,24,27)(H2,25,28)/t14-,15+,20+,21+/m1/s1. The van der Waals surface area contributed by atoms with Crippen molar-refractivity contribution in [1.29, 1.82) is 0 Å². The first-order valence-electron chi connectivity index (χ1n) is 9.83. The largest absolute Gasteiger partial charge is 0.370 e. The van der Waals surface area contributed by atoms with Gasteiger partial charge in [0.2, 0.25) is 17.7 Å². The molecular weight excluding hydrogens is 422 g/mol. The Morgan fingerprint density at radius 3 is 1.93 bits per heavy atom. The number of nitrogens with two attached hydrogens (primary N) is 3. The number of hydrogen-bond acceptors (Lipinski definition) is 3.